The number of pyridine rings is 1. The molecule has 0 aliphatic rings. The summed E-state index contributed by atoms with van der Waals surface area (Å²) < 4.78 is 15.1. The predicted octanol–water partition coefficient (Wildman–Crippen LogP) is 7.06. The van der Waals surface area contributed by atoms with E-state index < -0.39 is 0 Å². The molecule has 3 aromatic heterocycles. The molecule has 0 aliphatic carbocycles. The van der Waals surface area contributed by atoms with Gasteiger partial charge >= 0.3 is 0 Å². The summed E-state index contributed by atoms with van der Waals surface area (Å²) in [5.41, 5.74) is 3.78. The van der Waals surface area contributed by atoms with Crippen LogP contribution in [0, 0.1) is 12.7 Å². The summed E-state index contributed by atoms with van der Waals surface area (Å²) in [5.74, 6) is 0.781. The van der Waals surface area contributed by atoms with Crippen LogP contribution in [0.4, 0.5) is 10.2 Å². The van der Waals surface area contributed by atoms with Gasteiger partial charge in [0.05, 0.1) is 16.5 Å². The number of nitrogens with one attached hydrogen (secondary N) is 1. The Labute approximate surface area is 235 Å². The molecule has 6 nitrogen and oxygen atoms in total. The number of aromatic nitrogens is 3. The van der Waals surface area contributed by atoms with Crippen LogP contribution in [0.1, 0.15) is 29.2 Å². The monoisotopic (exact) mass is 561 g/mol. The Kier molecular flexibility index (Phi) is 7.53. The van der Waals surface area contributed by atoms with Crippen molar-refractivity contribution in [2.24, 2.45) is 7.05 Å². The van der Waals surface area contributed by atoms with Crippen molar-refractivity contribution in [3.8, 4) is 21.6 Å². The lowest BCUT2D eigenvalue weighted by molar-refractivity contribution is 0.403. The maximum atomic E-state index is 13.5. The Morgan fingerprint density at radius 1 is 1.08 bits per heavy atom. The number of nitrogens with zero attached hydrogens (tertiary/aromatic N) is 4. The highest BCUT2D eigenvalue weighted by atomic mass is 35.5. The Morgan fingerprint density at radius 2 is 1.79 bits per heavy atom. The molecule has 5 aromatic rings. The molecule has 0 spiro atoms. The number of hydrogen-bond acceptors (Lipinski definition) is 6. The van der Waals surface area contributed by atoms with Gasteiger partial charge in [-0.3, -0.25) is 9.36 Å². The molecule has 1 N–H and O–H groups in total. The minimum absolute atomic E-state index is 0.165. The summed E-state index contributed by atoms with van der Waals surface area (Å²) in [5, 5.41) is 4.90. The zero-order valence-corrected chi connectivity index (χ0v) is 24.0. The quantitative estimate of drug-likeness (QED) is 0.230. The third-order valence-corrected chi connectivity index (χ3v) is 8.34. The van der Waals surface area contributed by atoms with Gasteiger partial charge in [-0.2, -0.15) is 0 Å². The van der Waals surface area contributed by atoms with Crippen molar-refractivity contribution < 1.29 is 4.39 Å². The van der Waals surface area contributed by atoms with E-state index in [1.807, 2.05) is 19.1 Å². The first-order valence-electron chi connectivity index (χ1n) is 12.6. The van der Waals surface area contributed by atoms with E-state index in [0.717, 1.165) is 16.3 Å². The number of benzene rings is 2. The summed E-state index contributed by atoms with van der Waals surface area (Å²) in [6.45, 7) is 4.67. The van der Waals surface area contributed by atoms with Gasteiger partial charge < -0.3 is 10.2 Å². The number of anilines is 1. The average molecular weight is 562 g/mol. The van der Waals surface area contributed by atoms with Gasteiger partial charge in [-0.15, -0.1) is 11.3 Å². The fourth-order valence-electron chi connectivity index (χ4n) is 4.70. The Balaban J connectivity index is 1.55. The van der Waals surface area contributed by atoms with E-state index in [2.05, 4.69) is 52.5 Å². The fraction of sp³-hybridized carbons (Fsp3) is 0.233. The largest absolute Gasteiger partial charge is 0.362 e. The maximum Gasteiger partial charge on any atom is 0.259 e. The number of rotatable bonds is 7. The topological polar surface area (TPSA) is 63.1 Å². The zero-order chi connectivity index (χ0) is 27.8. The molecule has 0 saturated carbocycles. The highest BCUT2D eigenvalue weighted by Gasteiger charge is 2.20. The highest BCUT2D eigenvalue weighted by molar-refractivity contribution is 7.16. The van der Waals surface area contributed by atoms with Crippen LogP contribution in [-0.2, 0) is 13.6 Å². The molecule has 3 heterocycles. The van der Waals surface area contributed by atoms with Crippen LogP contribution in [0.25, 0.3) is 32.6 Å². The van der Waals surface area contributed by atoms with Gasteiger partial charge in [0, 0.05) is 28.9 Å². The second kappa shape index (κ2) is 10.9. The molecular weight excluding hydrogens is 533 g/mol. The zero-order valence-electron chi connectivity index (χ0n) is 22.4. The molecule has 0 bridgehead atoms. The van der Waals surface area contributed by atoms with Crippen molar-refractivity contribution in [3.05, 3.63) is 98.1 Å². The molecule has 0 amide bonds. The third kappa shape index (κ3) is 5.45. The minimum atomic E-state index is -0.358. The van der Waals surface area contributed by atoms with Crippen molar-refractivity contribution in [3.63, 3.8) is 0 Å². The second-order valence-electron chi connectivity index (χ2n) is 9.87. The van der Waals surface area contributed by atoms with E-state index in [9.17, 15) is 9.18 Å². The molecule has 200 valence electrons. The average Bonchev–Trinajstić information content (AvgIpc) is 3.28. The van der Waals surface area contributed by atoms with Crippen LogP contribution >= 0.6 is 22.9 Å². The summed E-state index contributed by atoms with van der Waals surface area (Å²) in [7, 11) is 5.80. The SMILES string of the molecule is Cc1nc(N[C@H](C)c2sc(-c3ccccc3CN(C)C)cc2Cl)c2cc(-c3ccc(F)cc3)c(=O)n(C)c2n1. The number of halogens is 2. The van der Waals surface area contributed by atoms with Gasteiger partial charge in [0.1, 0.15) is 23.1 Å². The summed E-state index contributed by atoms with van der Waals surface area (Å²) in [6, 6.07) is 17.9. The van der Waals surface area contributed by atoms with E-state index in [-0.39, 0.29) is 17.4 Å². The van der Waals surface area contributed by atoms with Gasteiger partial charge in [-0.1, -0.05) is 48.0 Å². The predicted molar refractivity (Wildman–Crippen MR) is 159 cm³/mol. The van der Waals surface area contributed by atoms with E-state index >= 15 is 0 Å². The van der Waals surface area contributed by atoms with Gasteiger partial charge in [-0.25, -0.2) is 14.4 Å². The lowest BCUT2D eigenvalue weighted by Crippen LogP contribution is -2.21. The Hall–Kier alpha value is -3.59. The Morgan fingerprint density at radius 3 is 2.51 bits per heavy atom. The van der Waals surface area contributed by atoms with Gasteiger partial charge in [-0.05, 0) is 68.9 Å². The van der Waals surface area contributed by atoms with Crippen molar-refractivity contribution in [1.29, 1.82) is 0 Å². The molecular formula is C30H29ClFN5OS. The molecule has 1 atom stereocenters. The van der Waals surface area contributed by atoms with Crippen molar-refractivity contribution in [2.45, 2.75) is 26.4 Å². The van der Waals surface area contributed by atoms with Crippen LogP contribution in [0.15, 0.2) is 65.5 Å². The van der Waals surface area contributed by atoms with Crippen LogP contribution in [0.3, 0.4) is 0 Å². The lowest BCUT2D eigenvalue weighted by Gasteiger charge is -2.17. The molecule has 0 saturated heterocycles. The normalized spacial score (nSPS) is 12.3. The van der Waals surface area contributed by atoms with Gasteiger partial charge in [0.25, 0.3) is 5.56 Å². The maximum absolute atomic E-state index is 13.5. The first-order chi connectivity index (χ1) is 18.6. The van der Waals surface area contributed by atoms with Gasteiger partial charge in [0.15, 0.2) is 0 Å². The molecule has 0 fully saturated rings. The van der Waals surface area contributed by atoms with Crippen LogP contribution in [-0.4, -0.2) is 33.5 Å². The second-order valence-corrected chi connectivity index (χ2v) is 11.4. The van der Waals surface area contributed by atoms with E-state index in [0.29, 0.717) is 38.8 Å². The van der Waals surface area contributed by atoms with E-state index in [1.165, 1.54) is 27.8 Å². The number of thiophene rings is 1. The standard InChI is InChI=1S/C30H29ClFN5OS/c1-17(27-25(31)15-26(39-27)22-9-7-6-8-20(22)16-36(3)4)33-28-24-14-23(19-10-12-21(32)13-11-19)30(38)37(5)29(24)35-18(2)34-28/h6-15,17H,16H2,1-5H3,(H,33,34,35)/t17-/m1/s1. The Bertz CT molecular complexity index is 1730. The first kappa shape index (κ1) is 27.0. The summed E-state index contributed by atoms with van der Waals surface area (Å²) in [6.07, 6.45) is 0. The molecule has 0 radical (unpaired) electrons. The lowest BCUT2D eigenvalue weighted by atomic mass is 10.1. The van der Waals surface area contributed by atoms with Crippen LogP contribution in [0.2, 0.25) is 5.02 Å². The van der Waals surface area contributed by atoms with Crippen LogP contribution in [0.5, 0.6) is 0 Å². The minimum Gasteiger partial charge on any atom is -0.362 e. The smallest absolute Gasteiger partial charge is 0.259 e. The molecule has 0 aliphatic heterocycles. The third-order valence-electron chi connectivity index (χ3n) is 6.56. The molecule has 9 heteroatoms. The van der Waals surface area contributed by atoms with E-state index in [4.69, 9.17) is 11.6 Å². The fourth-order valence-corrected chi connectivity index (χ4v) is 6.27. The van der Waals surface area contributed by atoms with E-state index in [1.54, 1.807) is 43.5 Å². The first-order valence-corrected chi connectivity index (χ1v) is 13.7. The number of aryl methyl sites for hydroxylation is 2. The van der Waals surface area contributed by atoms with Crippen LogP contribution < -0.4 is 10.9 Å². The number of hydrogen-bond donors (Lipinski definition) is 1. The summed E-state index contributed by atoms with van der Waals surface area (Å²) in [4.78, 5) is 26.6. The van der Waals surface area contributed by atoms with Crippen molar-refractivity contribution in [2.75, 3.05) is 19.4 Å². The van der Waals surface area contributed by atoms with Crippen molar-refractivity contribution >= 4 is 39.8 Å². The molecule has 39 heavy (non-hydrogen) atoms. The highest BCUT2D eigenvalue weighted by Crippen LogP contribution is 2.40. The molecule has 5 rings (SSSR count). The van der Waals surface area contributed by atoms with Crippen molar-refractivity contribution in [1.82, 2.24) is 19.4 Å². The summed E-state index contributed by atoms with van der Waals surface area (Å²) >= 11 is 8.43. The molecule has 0 unspecified atom stereocenters. The molecule has 2 aromatic carbocycles. The number of fused-ring (bicyclic) bond motifs is 1. The van der Waals surface area contributed by atoms with Gasteiger partial charge in [0.2, 0.25) is 0 Å².